The van der Waals surface area contributed by atoms with E-state index in [4.69, 9.17) is 4.74 Å². The molecule has 0 spiro atoms. The molecule has 0 saturated carbocycles. The number of thioether (sulfide) groups is 1. The second kappa shape index (κ2) is 12.7. The number of anilines is 2. The first-order valence-electron chi connectivity index (χ1n) is 12.0. The Bertz CT molecular complexity index is 1360. The number of hydrogen-bond donors (Lipinski definition) is 3. The van der Waals surface area contributed by atoms with Crippen LogP contribution in [0.15, 0.2) is 41.3 Å². The monoisotopic (exact) mass is 562 g/mol. The topological polar surface area (TPSA) is 65.6 Å². The first-order chi connectivity index (χ1) is 18.3. The van der Waals surface area contributed by atoms with E-state index >= 15 is 0 Å². The number of piperidine rings is 1. The Hall–Kier alpha value is -3.07. The van der Waals surface area contributed by atoms with Crippen LogP contribution in [0.1, 0.15) is 21.7 Å². The zero-order chi connectivity index (χ0) is 27.2. The summed E-state index contributed by atoms with van der Waals surface area (Å²) in [7, 11) is 4.95. The normalized spacial score (nSPS) is 17.7. The fraction of sp³-hybridized carbons (Fsp3) is 0.370. The highest BCUT2D eigenvalue weighted by Gasteiger charge is 2.28. The maximum atomic E-state index is 14.7. The maximum absolute atomic E-state index is 14.7. The lowest BCUT2D eigenvalue weighted by Gasteiger charge is -2.33. The number of thiophene rings is 1. The van der Waals surface area contributed by atoms with Gasteiger partial charge in [-0.3, -0.25) is 4.79 Å². The molecule has 1 fully saturated rings. The molecule has 6 nitrogen and oxygen atoms in total. The number of rotatable bonds is 8. The Morgan fingerprint density at radius 2 is 2.11 bits per heavy atom. The minimum absolute atomic E-state index is 0.227. The summed E-state index contributed by atoms with van der Waals surface area (Å²) in [6, 6.07) is 10.1. The van der Waals surface area contributed by atoms with Crippen LogP contribution in [-0.4, -0.2) is 69.6 Å². The van der Waals surface area contributed by atoms with Gasteiger partial charge < -0.3 is 25.6 Å². The highest BCUT2D eigenvalue weighted by atomic mass is 32.2. The number of fused-ring (bicyclic) bond motifs is 1. The Labute approximate surface area is 228 Å². The van der Waals surface area contributed by atoms with Gasteiger partial charge in [0.15, 0.2) is 0 Å². The minimum atomic E-state index is -2.60. The fourth-order valence-electron chi connectivity index (χ4n) is 4.30. The van der Waals surface area contributed by atoms with E-state index in [2.05, 4.69) is 27.8 Å². The van der Waals surface area contributed by atoms with E-state index < -0.39 is 11.9 Å². The van der Waals surface area contributed by atoms with Crippen molar-refractivity contribution in [2.75, 3.05) is 51.5 Å². The average Bonchev–Trinajstić information content (AvgIpc) is 3.25. The van der Waals surface area contributed by atoms with Crippen LogP contribution >= 0.6 is 23.1 Å². The summed E-state index contributed by atoms with van der Waals surface area (Å²) in [6.07, 6.45) is -0.365. The van der Waals surface area contributed by atoms with Crippen molar-refractivity contribution in [3.63, 3.8) is 0 Å². The second-order valence-electron chi connectivity index (χ2n) is 8.79. The summed E-state index contributed by atoms with van der Waals surface area (Å²) in [5.74, 6) is 3.70. The van der Waals surface area contributed by atoms with Gasteiger partial charge in [-0.15, -0.1) is 11.3 Å². The number of methoxy groups -OCH3 is 1. The molecule has 1 saturated heterocycles. The van der Waals surface area contributed by atoms with Gasteiger partial charge in [0.2, 0.25) is 0 Å². The molecular weight excluding hydrogens is 533 g/mol. The minimum Gasteiger partial charge on any atom is -0.495 e. The fourth-order valence-corrected chi connectivity index (χ4v) is 6.32. The molecule has 202 valence electrons. The Morgan fingerprint density at radius 1 is 1.29 bits per heavy atom. The number of carbonyl (C=O) groups excluding carboxylic acids is 1. The zero-order valence-corrected chi connectivity index (χ0v) is 22.9. The Balaban J connectivity index is 1.56. The van der Waals surface area contributed by atoms with Crippen molar-refractivity contribution in [2.24, 2.45) is 0 Å². The summed E-state index contributed by atoms with van der Waals surface area (Å²) in [4.78, 5) is 14.8. The van der Waals surface area contributed by atoms with Crippen LogP contribution in [0, 0.1) is 11.8 Å². The predicted molar refractivity (Wildman–Crippen MR) is 150 cm³/mol. The summed E-state index contributed by atoms with van der Waals surface area (Å²) in [5.41, 5.74) is 1.84. The Morgan fingerprint density at radius 3 is 2.82 bits per heavy atom. The lowest BCUT2D eigenvalue weighted by atomic mass is 10.0. The highest BCUT2D eigenvalue weighted by molar-refractivity contribution is 8.00. The first kappa shape index (κ1) is 28.0. The molecule has 38 heavy (non-hydrogen) atoms. The lowest BCUT2D eigenvalue weighted by molar-refractivity contribution is 0.0962. The molecule has 1 amide bonds. The molecule has 0 unspecified atom stereocenters. The van der Waals surface area contributed by atoms with E-state index in [1.165, 1.54) is 18.4 Å². The number of ether oxygens (including phenoxy) is 1. The molecule has 2 heterocycles. The SMILES string of the molecule is CNC(=O)c1ccc(NCC#Cc2sc3c(N[C@@H]4CCN(C)C[C@@H]4F)cccc3c2SC(F)F)c(OC)c1. The third-order valence-corrected chi connectivity index (χ3v) is 8.34. The quantitative estimate of drug-likeness (QED) is 0.249. The smallest absolute Gasteiger partial charge is 0.289 e. The van der Waals surface area contributed by atoms with Gasteiger partial charge in [-0.25, -0.2) is 4.39 Å². The number of hydrogen-bond acceptors (Lipinski definition) is 7. The number of alkyl halides is 3. The van der Waals surface area contributed by atoms with Crippen LogP contribution in [0.3, 0.4) is 0 Å². The number of amides is 1. The van der Waals surface area contributed by atoms with Crippen molar-refractivity contribution < 1.29 is 22.7 Å². The van der Waals surface area contributed by atoms with Gasteiger partial charge in [0.05, 0.1) is 40.6 Å². The third-order valence-electron chi connectivity index (χ3n) is 6.22. The summed E-state index contributed by atoms with van der Waals surface area (Å²) >= 11 is 1.80. The summed E-state index contributed by atoms with van der Waals surface area (Å²) in [6.45, 7) is 1.37. The third kappa shape index (κ3) is 6.49. The summed E-state index contributed by atoms with van der Waals surface area (Å²) < 4.78 is 47.8. The standard InChI is InChI=1S/C27H29F3N4O2S2/c1-31-26(35)16-9-10-20(22(14-16)36-3)32-12-5-8-23-25(38-27(29)30)17-6-4-7-21(24(17)37-23)33-19-11-13-34(2)15-18(19)28/h4,6-7,9-10,14,18-19,27,32-33H,11-13,15H2,1-3H3,(H,31,35)/t18-,19+/m0/s1. The molecule has 11 heteroatoms. The molecule has 4 rings (SSSR count). The first-order valence-corrected chi connectivity index (χ1v) is 13.7. The van der Waals surface area contributed by atoms with Crippen LogP contribution in [0.2, 0.25) is 0 Å². The molecule has 0 bridgehead atoms. The molecule has 3 N–H and O–H groups in total. The van der Waals surface area contributed by atoms with E-state index in [0.717, 1.165) is 16.9 Å². The van der Waals surface area contributed by atoms with Crippen LogP contribution in [0.5, 0.6) is 5.75 Å². The molecule has 1 aromatic heterocycles. The molecule has 0 aliphatic carbocycles. The molecule has 2 atom stereocenters. The number of nitrogens with one attached hydrogen (secondary N) is 3. The maximum Gasteiger partial charge on any atom is 0.289 e. The van der Waals surface area contributed by atoms with Gasteiger partial charge in [0, 0.05) is 36.0 Å². The van der Waals surface area contributed by atoms with E-state index in [9.17, 15) is 18.0 Å². The molecule has 1 aliphatic heterocycles. The van der Waals surface area contributed by atoms with Crippen molar-refractivity contribution in [2.45, 2.75) is 29.3 Å². The predicted octanol–water partition coefficient (Wildman–Crippen LogP) is 5.50. The molecule has 1 aliphatic rings. The lowest BCUT2D eigenvalue weighted by Crippen LogP contribution is -2.46. The average molecular weight is 563 g/mol. The summed E-state index contributed by atoms with van der Waals surface area (Å²) in [5, 5.41) is 9.71. The highest BCUT2D eigenvalue weighted by Crippen LogP contribution is 2.43. The largest absolute Gasteiger partial charge is 0.495 e. The molecule has 3 aromatic rings. The van der Waals surface area contributed by atoms with Crippen molar-refractivity contribution in [1.29, 1.82) is 0 Å². The molecule has 2 aromatic carbocycles. The number of halogens is 3. The van der Waals surface area contributed by atoms with Crippen LogP contribution in [-0.2, 0) is 0 Å². The zero-order valence-electron chi connectivity index (χ0n) is 21.2. The van der Waals surface area contributed by atoms with Gasteiger partial charge in [-0.2, -0.15) is 8.78 Å². The van der Waals surface area contributed by atoms with Crippen LogP contribution in [0.4, 0.5) is 24.5 Å². The van der Waals surface area contributed by atoms with Gasteiger partial charge >= 0.3 is 0 Å². The number of benzene rings is 2. The van der Waals surface area contributed by atoms with E-state index in [0.29, 0.717) is 56.9 Å². The van der Waals surface area contributed by atoms with E-state index in [-0.39, 0.29) is 18.5 Å². The number of nitrogens with zero attached hydrogens (tertiary/aromatic N) is 1. The van der Waals surface area contributed by atoms with E-state index in [1.54, 1.807) is 37.4 Å². The molecule has 0 radical (unpaired) electrons. The number of likely N-dealkylation sites (tertiary alicyclic amines) is 1. The van der Waals surface area contributed by atoms with Crippen LogP contribution < -0.4 is 20.7 Å². The van der Waals surface area contributed by atoms with Crippen LogP contribution in [0.25, 0.3) is 10.1 Å². The Kier molecular flexibility index (Phi) is 9.31. The van der Waals surface area contributed by atoms with E-state index in [1.807, 2.05) is 18.0 Å². The van der Waals surface area contributed by atoms with Gasteiger partial charge in [0.1, 0.15) is 11.9 Å². The van der Waals surface area contributed by atoms with Crippen molar-refractivity contribution in [3.8, 4) is 17.6 Å². The molecular formula is C27H29F3N4O2S2. The van der Waals surface area contributed by atoms with Gasteiger partial charge in [-0.1, -0.05) is 35.7 Å². The second-order valence-corrected chi connectivity index (χ2v) is 10.8. The van der Waals surface area contributed by atoms with Gasteiger partial charge in [-0.05, 0) is 37.7 Å². The van der Waals surface area contributed by atoms with Crippen molar-refractivity contribution in [1.82, 2.24) is 10.2 Å². The van der Waals surface area contributed by atoms with Gasteiger partial charge in [0.25, 0.3) is 11.7 Å². The number of carbonyl (C=O) groups is 1. The van der Waals surface area contributed by atoms with Crippen molar-refractivity contribution in [3.05, 3.63) is 46.8 Å². The van der Waals surface area contributed by atoms with Crippen molar-refractivity contribution >= 4 is 50.5 Å².